The molecule has 0 amide bonds. The number of nitrogens with zero attached hydrogens (tertiary/aromatic N) is 2. The molecule has 0 atom stereocenters. The van der Waals surface area contributed by atoms with Gasteiger partial charge in [-0.3, -0.25) is 0 Å². The van der Waals surface area contributed by atoms with Crippen LogP contribution in [0.15, 0.2) is 47.6 Å². The molecule has 0 aliphatic heterocycles. The summed E-state index contributed by atoms with van der Waals surface area (Å²) in [6, 6.07) is 11.5. The average Bonchev–Trinajstić information content (AvgIpc) is 2.28. The van der Waals surface area contributed by atoms with Crippen LogP contribution in [-0.2, 0) is 5.75 Å². The summed E-state index contributed by atoms with van der Waals surface area (Å²) in [4.78, 5) is 8.44. The van der Waals surface area contributed by atoms with Crippen molar-refractivity contribution in [1.29, 1.82) is 0 Å². The van der Waals surface area contributed by atoms with Gasteiger partial charge in [-0.25, -0.2) is 9.97 Å². The van der Waals surface area contributed by atoms with Crippen molar-refractivity contribution in [1.82, 2.24) is 9.97 Å². The minimum absolute atomic E-state index is 0.564. The molecule has 76 valence electrons. The van der Waals surface area contributed by atoms with Gasteiger partial charge in [0, 0.05) is 11.9 Å². The average molecular weight is 217 g/mol. The molecule has 2 heterocycles. The van der Waals surface area contributed by atoms with Gasteiger partial charge in [0.05, 0.1) is 10.7 Å². The topological polar surface area (TPSA) is 51.8 Å². The van der Waals surface area contributed by atoms with Crippen LogP contribution in [-0.4, -0.2) is 9.97 Å². The Morgan fingerprint density at radius 2 is 2.07 bits per heavy atom. The molecule has 0 saturated heterocycles. The summed E-state index contributed by atoms with van der Waals surface area (Å²) in [5, 5.41) is 1.00. The van der Waals surface area contributed by atoms with E-state index < -0.39 is 0 Å². The number of aromatic nitrogens is 2. The molecule has 2 aromatic rings. The number of nitrogens with two attached hydrogens (primary N) is 1. The highest BCUT2D eigenvalue weighted by molar-refractivity contribution is 7.98. The van der Waals surface area contributed by atoms with Crippen LogP contribution in [0.5, 0.6) is 0 Å². The molecule has 0 saturated carbocycles. The third-order valence-electron chi connectivity index (χ3n) is 1.83. The first-order valence-corrected chi connectivity index (χ1v) is 5.58. The van der Waals surface area contributed by atoms with Crippen LogP contribution in [0.25, 0.3) is 0 Å². The van der Waals surface area contributed by atoms with Crippen molar-refractivity contribution in [2.75, 3.05) is 5.73 Å². The first-order valence-electron chi connectivity index (χ1n) is 4.60. The fraction of sp³-hybridized carbons (Fsp3) is 0.0909. The summed E-state index contributed by atoms with van der Waals surface area (Å²) in [7, 11) is 0. The van der Waals surface area contributed by atoms with E-state index in [4.69, 9.17) is 5.73 Å². The highest BCUT2D eigenvalue weighted by Crippen LogP contribution is 2.19. The van der Waals surface area contributed by atoms with E-state index in [9.17, 15) is 0 Å². The fourth-order valence-electron chi connectivity index (χ4n) is 1.16. The molecule has 0 radical (unpaired) electrons. The van der Waals surface area contributed by atoms with Crippen LogP contribution in [0.3, 0.4) is 0 Å². The molecule has 0 aliphatic carbocycles. The van der Waals surface area contributed by atoms with Crippen molar-refractivity contribution in [2.24, 2.45) is 0 Å². The Balaban J connectivity index is 1.99. The molecule has 0 bridgehead atoms. The Labute approximate surface area is 92.8 Å². The normalized spacial score (nSPS) is 10.1. The van der Waals surface area contributed by atoms with E-state index in [1.807, 2.05) is 30.3 Å². The quantitative estimate of drug-likeness (QED) is 0.802. The fourth-order valence-corrected chi connectivity index (χ4v) is 1.93. The van der Waals surface area contributed by atoms with Gasteiger partial charge >= 0.3 is 0 Å². The lowest BCUT2D eigenvalue weighted by atomic mass is 10.4. The number of rotatable bonds is 3. The van der Waals surface area contributed by atoms with Crippen LogP contribution in [0.1, 0.15) is 5.69 Å². The van der Waals surface area contributed by atoms with Gasteiger partial charge in [0.25, 0.3) is 0 Å². The maximum atomic E-state index is 5.59. The highest BCUT2D eigenvalue weighted by atomic mass is 32.2. The number of thioether (sulfide) groups is 1. The van der Waals surface area contributed by atoms with E-state index >= 15 is 0 Å². The van der Waals surface area contributed by atoms with Crippen LogP contribution >= 0.6 is 11.8 Å². The minimum atomic E-state index is 0.564. The third kappa shape index (κ3) is 2.95. The van der Waals surface area contributed by atoms with Gasteiger partial charge < -0.3 is 5.73 Å². The number of nitrogen functional groups attached to an aromatic ring is 1. The van der Waals surface area contributed by atoms with Crippen molar-refractivity contribution < 1.29 is 0 Å². The molecule has 2 aromatic heterocycles. The molecule has 15 heavy (non-hydrogen) atoms. The molecular weight excluding hydrogens is 206 g/mol. The van der Waals surface area contributed by atoms with Crippen LogP contribution in [0, 0.1) is 0 Å². The zero-order chi connectivity index (χ0) is 10.5. The predicted molar refractivity (Wildman–Crippen MR) is 62.4 cm³/mol. The Morgan fingerprint density at radius 1 is 1.13 bits per heavy atom. The second kappa shape index (κ2) is 4.79. The Bertz CT molecular complexity index is 431. The van der Waals surface area contributed by atoms with Gasteiger partial charge in [-0.1, -0.05) is 12.1 Å². The first kappa shape index (κ1) is 9.98. The van der Waals surface area contributed by atoms with Crippen molar-refractivity contribution in [3.63, 3.8) is 0 Å². The van der Waals surface area contributed by atoms with Gasteiger partial charge in [0.1, 0.15) is 5.82 Å². The molecule has 0 unspecified atom stereocenters. The zero-order valence-electron chi connectivity index (χ0n) is 8.13. The van der Waals surface area contributed by atoms with Gasteiger partial charge in [0.15, 0.2) is 0 Å². The molecule has 3 nitrogen and oxygen atoms in total. The number of hydrogen-bond acceptors (Lipinski definition) is 4. The Hall–Kier alpha value is -1.55. The summed E-state index contributed by atoms with van der Waals surface area (Å²) in [6.07, 6.45) is 1.79. The van der Waals surface area contributed by atoms with Crippen molar-refractivity contribution in [3.05, 3.63) is 48.3 Å². The maximum absolute atomic E-state index is 5.59. The Morgan fingerprint density at radius 3 is 2.80 bits per heavy atom. The number of hydrogen-bond donors (Lipinski definition) is 1. The van der Waals surface area contributed by atoms with Gasteiger partial charge in [-0.15, -0.1) is 11.8 Å². The molecule has 0 spiro atoms. The lowest BCUT2D eigenvalue weighted by Crippen LogP contribution is -1.93. The van der Waals surface area contributed by atoms with E-state index in [0.29, 0.717) is 5.82 Å². The smallest absolute Gasteiger partial charge is 0.123 e. The van der Waals surface area contributed by atoms with Gasteiger partial charge in [0.2, 0.25) is 0 Å². The van der Waals surface area contributed by atoms with E-state index in [2.05, 4.69) is 9.97 Å². The molecule has 2 N–H and O–H groups in total. The molecule has 0 aliphatic rings. The minimum Gasteiger partial charge on any atom is -0.384 e. The lowest BCUT2D eigenvalue weighted by molar-refractivity contribution is 1.12. The largest absolute Gasteiger partial charge is 0.384 e. The summed E-state index contributed by atoms with van der Waals surface area (Å²) in [6.45, 7) is 0. The van der Waals surface area contributed by atoms with Crippen molar-refractivity contribution in [3.8, 4) is 0 Å². The molecular formula is C11H11N3S. The molecule has 0 fully saturated rings. The van der Waals surface area contributed by atoms with E-state index in [-0.39, 0.29) is 0 Å². The summed E-state index contributed by atoms with van der Waals surface area (Å²) >= 11 is 1.65. The maximum Gasteiger partial charge on any atom is 0.123 e. The van der Waals surface area contributed by atoms with Crippen LogP contribution in [0.4, 0.5) is 5.82 Å². The first-order chi connectivity index (χ1) is 7.34. The predicted octanol–water partition coefficient (Wildman–Crippen LogP) is 2.35. The summed E-state index contributed by atoms with van der Waals surface area (Å²) in [5.41, 5.74) is 6.57. The second-order valence-electron chi connectivity index (χ2n) is 3.01. The van der Waals surface area contributed by atoms with Crippen LogP contribution < -0.4 is 5.73 Å². The van der Waals surface area contributed by atoms with Crippen LogP contribution in [0.2, 0.25) is 0 Å². The second-order valence-corrected chi connectivity index (χ2v) is 4.01. The number of anilines is 1. The van der Waals surface area contributed by atoms with Gasteiger partial charge in [-0.05, 0) is 24.3 Å². The van der Waals surface area contributed by atoms with Gasteiger partial charge in [-0.2, -0.15) is 0 Å². The summed E-state index contributed by atoms with van der Waals surface area (Å²) < 4.78 is 0. The third-order valence-corrected chi connectivity index (χ3v) is 2.81. The molecule has 2 rings (SSSR count). The van der Waals surface area contributed by atoms with E-state index in [1.165, 1.54) is 0 Å². The monoisotopic (exact) mass is 217 g/mol. The lowest BCUT2D eigenvalue weighted by Gasteiger charge is -2.00. The highest BCUT2D eigenvalue weighted by Gasteiger charge is 1.98. The number of pyridine rings is 2. The van der Waals surface area contributed by atoms with Crippen molar-refractivity contribution in [2.45, 2.75) is 10.8 Å². The SMILES string of the molecule is Nc1cccc(CSc2ccccn2)n1. The standard InChI is InChI=1S/C11H11N3S/c12-10-5-3-4-9(14-10)8-15-11-6-1-2-7-13-11/h1-7H,8H2,(H2,12,14). The van der Waals surface area contributed by atoms with E-state index in [1.54, 1.807) is 24.0 Å². The molecule has 0 aromatic carbocycles. The molecule has 4 heteroatoms. The Kier molecular flexibility index (Phi) is 3.19. The zero-order valence-corrected chi connectivity index (χ0v) is 8.95. The van der Waals surface area contributed by atoms with Crippen molar-refractivity contribution >= 4 is 17.6 Å². The summed E-state index contributed by atoms with van der Waals surface area (Å²) in [5.74, 6) is 1.36. The van der Waals surface area contributed by atoms with E-state index in [0.717, 1.165) is 16.5 Å².